The van der Waals surface area contributed by atoms with Gasteiger partial charge in [0.25, 0.3) is 5.91 Å². The van der Waals surface area contributed by atoms with Gasteiger partial charge in [0.1, 0.15) is 18.0 Å². The third-order valence-corrected chi connectivity index (χ3v) is 6.02. The molecule has 0 bridgehead atoms. The van der Waals surface area contributed by atoms with E-state index in [9.17, 15) is 9.59 Å². The lowest BCUT2D eigenvalue weighted by molar-refractivity contribution is -0.122. The Morgan fingerprint density at radius 1 is 1.27 bits per heavy atom. The highest BCUT2D eigenvalue weighted by Gasteiger charge is 2.33. The summed E-state index contributed by atoms with van der Waals surface area (Å²) in [5, 5.41) is 4.23. The minimum Gasteiger partial charge on any atom is -0.467 e. The molecule has 2 amide bonds. The molecule has 0 atom stereocenters. The molecule has 9 heteroatoms. The first kappa shape index (κ1) is 20.4. The number of likely N-dealkylation sites (N-methyl/N-ethyl adjacent to an activating group) is 2. The molecule has 1 aromatic carbocycles. The van der Waals surface area contributed by atoms with Crippen LogP contribution in [0.1, 0.15) is 11.3 Å². The molecule has 3 heterocycles. The van der Waals surface area contributed by atoms with E-state index < -0.39 is 0 Å². The van der Waals surface area contributed by atoms with Gasteiger partial charge in [-0.2, -0.15) is 0 Å². The molecule has 0 radical (unpaired) electrons. The van der Waals surface area contributed by atoms with Crippen molar-refractivity contribution in [1.82, 2.24) is 19.7 Å². The number of hydrogen-bond donors (Lipinski definition) is 1. The molecule has 0 aliphatic carbocycles. The third-order valence-electron chi connectivity index (χ3n) is 4.98. The molecule has 154 valence electrons. The van der Waals surface area contributed by atoms with Crippen molar-refractivity contribution in [3.63, 3.8) is 0 Å². The summed E-state index contributed by atoms with van der Waals surface area (Å²) in [7, 11) is 3.43. The molecule has 1 N–H and O–H groups in total. The molecule has 30 heavy (non-hydrogen) atoms. The number of nitrogens with one attached hydrogen (secondary N) is 1. The van der Waals surface area contributed by atoms with Crippen molar-refractivity contribution >= 4 is 62.1 Å². The molecule has 4 rings (SSSR count). The molecule has 2 aromatic heterocycles. The van der Waals surface area contributed by atoms with Gasteiger partial charge in [0.05, 0.1) is 12.8 Å². The van der Waals surface area contributed by atoms with E-state index in [2.05, 4.69) is 21.2 Å². The number of carbonyl (C=O) groups excluding carboxylic acids is 2. The van der Waals surface area contributed by atoms with E-state index in [4.69, 9.17) is 16.6 Å². The van der Waals surface area contributed by atoms with Crippen LogP contribution in [0, 0.1) is 0 Å². The zero-order chi connectivity index (χ0) is 21.4. The van der Waals surface area contributed by atoms with E-state index in [1.165, 1.54) is 4.90 Å². The zero-order valence-corrected chi connectivity index (χ0v) is 18.8. The van der Waals surface area contributed by atoms with E-state index in [0.29, 0.717) is 23.1 Å². The molecule has 1 saturated heterocycles. The van der Waals surface area contributed by atoms with Gasteiger partial charge < -0.3 is 19.2 Å². The standard InChI is InChI=1S/C21H19BrN4O3S/c1-24-18(20(28)25(2)21(24)30)8-13-11-26(17-6-5-14(22)9-16(13)17)12-19(27)23-10-15-4-3-7-29-15/h3-9,11H,10,12H2,1-2H3,(H,23,27)/b18-8+. The average molecular weight is 487 g/mol. The second-order valence-corrected chi connectivity index (χ2v) is 8.25. The molecular weight excluding hydrogens is 468 g/mol. The van der Waals surface area contributed by atoms with Gasteiger partial charge in [-0.05, 0) is 48.6 Å². The minimum absolute atomic E-state index is 0.139. The fourth-order valence-corrected chi connectivity index (χ4v) is 3.93. The first-order chi connectivity index (χ1) is 14.3. The van der Waals surface area contributed by atoms with Crippen molar-refractivity contribution in [2.45, 2.75) is 13.1 Å². The van der Waals surface area contributed by atoms with Crippen LogP contribution in [0.2, 0.25) is 0 Å². The first-order valence-corrected chi connectivity index (χ1v) is 10.4. The molecule has 1 fully saturated rings. The van der Waals surface area contributed by atoms with Crippen LogP contribution in [-0.4, -0.2) is 45.4 Å². The lowest BCUT2D eigenvalue weighted by Crippen LogP contribution is -2.26. The normalized spacial score (nSPS) is 15.6. The number of carbonyl (C=O) groups is 2. The van der Waals surface area contributed by atoms with Crippen molar-refractivity contribution in [3.8, 4) is 0 Å². The lowest BCUT2D eigenvalue weighted by atomic mass is 10.1. The predicted octanol–water partition coefficient (Wildman–Crippen LogP) is 3.34. The summed E-state index contributed by atoms with van der Waals surface area (Å²) in [5.74, 6) is 0.396. The Morgan fingerprint density at radius 3 is 2.73 bits per heavy atom. The maximum absolute atomic E-state index is 12.6. The number of thiocarbonyl (C=S) groups is 1. The van der Waals surface area contributed by atoms with Crippen LogP contribution in [0.25, 0.3) is 17.0 Å². The summed E-state index contributed by atoms with van der Waals surface area (Å²) in [6.07, 6.45) is 5.26. The van der Waals surface area contributed by atoms with Crippen molar-refractivity contribution < 1.29 is 14.0 Å². The largest absolute Gasteiger partial charge is 0.467 e. The number of amides is 2. The minimum atomic E-state index is -0.158. The van der Waals surface area contributed by atoms with Crippen molar-refractivity contribution in [2.24, 2.45) is 0 Å². The highest BCUT2D eigenvalue weighted by molar-refractivity contribution is 9.10. The number of furan rings is 1. The SMILES string of the molecule is CN1C(=O)/C(=C\c2cn(CC(=O)NCc3ccco3)c3ccc(Br)cc23)N(C)C1=S. The van der Waals surface area contributed by atoms with E-state index >= 15 is 0 Å². The molecular formula is C21H19BrN4O3S. The van der Waals surface area contributed by atoms with E-state index in [1.807, 2.05) is 41.1 Å². The van der Waals surface area contributed by atoms with Crippen LogP contribution in [0.4, 0.5) is 0 Å². The molecule has 0 unspecified atom stereocenters. The lowest BCUT2D eigenvalue weighted by Gasteiger charge is -2.10. The molecule has 0 spiro atoms. The Labute approximate surface area is 187 Å². The monoisotopic (exact) mass is 486 g/mol. The summed E-state index contributed by atoms with van der Waals surface area (Å²) < 4.78 is 8.03. The van der Waals surface area contributed by atoms with Crippen LogP contribution < -0.4 is 5.32 Å². The Hall–Kier alpha value is -2.91. The van der Waals surface area contributed by atoms with E-state index in [0.717, 1.165) is 20.9 Å². The fourth-order valence-electron chi connectivity index (χ4n) is 3.39. The molecule has 7 nitrogen and oxygen atoms in total. The second-order valence-electron chi connectivity index (χ2n) is 6.97. The number of hydrogen-bond acceptors (Lipinski definition) is 4. The van der Waals surface area contributed by atoms with Crippen LogP contribution >= 0.6 is 28.1 Å². The Morgan fingerprint density at radius 2 is 2.07 bits per heavy atom. The van der Waals surface area contributed by atoms with Gasteiger partial charge in [-0.25, -0.2) is 0 Å². The van der Waals surface area contributed by atoms with Gasteiger partial charge in [-0.3, -0.25) is 14.5 Å². The number of rotatable bonds is 5. The number of aromatic nitrogens is 1. The van der Waals surface area contributed by atoms with Gasteiger partial charge in [0, 0.05) is 41.2 Å². The van der Waals surface area contributed by atoms with Crippen LogP contribution in [0.3, 0.4) is 0 Å². The highest BCUT2D eigenvalue weighted by atomic mass is 79.9. The summed E-state index contributed by atoms with van der Waals surface area (Å²) in [6, 6.07) is 9.43. The highest BCUT2D eigenvalue weighted by Crippen LogP contribution is 2.29. The predicted molar refractivity (Wildman–Crippen MR) is 121 cm³/mol. The van der Waals surface area contributed by atoms with Gasteiger partial charge in [-0.15, -0.1) is 0 Å². The molecule has 3 aromatic rings. The molecule has 1 aliphatic rings. The quantitative estimate of drug-likeness (QED) is 0.442. The Kier molecular flexibility index (Phi) is 5.48. The van der Waals surface area contributed by atoms with Crippen molar-refractivity contribution in [1.29, 1.82) is 0 Å². The number of fused-ring (bicyclic) bond motifs is 1. The maximum atomic E-state index is 12.6. The Bertz CT molecular complexity index is 1180. The third kappa shape index (κ3) is 3.78. The summed E-state index contributed by atoms with van der Waals surface area (Å²) in [6.45, 7) is 0.473. The number of nitrogens with zero attached hydrogens (tertiary/aromatic N) is 3. The van der Waals surface area contributed by atoms with Crippen molar-refractivity contribution in [2.75, 3.05) is 14.1 Å². The Balaban J connectivity index is 1.65. The average Bonchev–Trinajstić information content (AvgIpc) is 3.40. The topological polar surface area (TPSA) is 70.7 Å². The van der Waals surface area contributed by atoms with Gasteiger partial charge in [0.2, 0.25) is 5.91 Å². The second kappa shape index (κ2) is 8.08. The van der Waals surface area contributed by atoms with Crippen molar-refractivity contribution in [3.05, 3.63) is 64.3 Å². The summed E-state index contributed by atoms with van der Waals surface area (Å²) in [4.78, 5) is 28.2. The van der Waals surface area contributed by atoms with Crippen LogP contribution in [-0.2, 0) is 22.7 Å². The molecule has 1 aliphatic heterocycles. The molecule has 0 saturated carbocycles. The fraction of sp³-hybridized carbons (Fsp3) is 0.190. The van der Waals surface area contributed by atoms with Gasteiger partial charge in [0.15, 0.2) is 5.11 Å². The number of benzene rings is 1. The number of halogens is 1. The zero-order valence-electron chi connectivity index (χ0n) is 16.4. The van der Waals surface area contributed by atoms with Gasteiger partial charge >= 0.3 is 0 Å². The first-order valence-electron chi connectivity index (χ1n) is 9.20. The van der Waals surface area contributed by atoms with E-state index in [-0.39, 0.29) is 18.4 Å². The van der Waals surface area contributed by atoms with E-state index in [1.54, 1.807) is 31.3 Å². The maximum Gasteiger partial charge on any atom is 0.276 e. The van der Waals surface area contributed by atoms with Gasteiger partial charge in [-0.1, -0.05) is 15.9 Å². The van der Waals surface area contributed by atoms with Crippen LogP contribution in [0.5, 0.6) is 0 Å². The summed E-state index contributed by atoms with van der Waals surface area (Å²) >= 11 is 8.80. The van der Waals surface area contributed by atoms with Crippen LogP contribution in [0.15, 0.2) is 57.4 Å². The summed E-state index contributed by atoms with van der Waals surface area (Å²) in [5.41, 5.74) is 2.21. The smallest absolute Gasteiger partial charge is 0.276 e.